The van der Waals surface area contributed by atoms with Crippen LogP contribution in [0.15, 0.2) is 91.3 Å². The number of methoxy groups -OCH3 is 1. The number of H-pyrrole nitrogens is 1. The number of anilines is 2. The van der Waals surface area contributed by atoms with Gasteiger partial charge in [-0.3, -0.25) is 4.90 Å². The summed E-state index contributed by atoms with van der Waals surface area (Å²) >= 11 is 6.43. The summed E-state index contributed by atoms with van der Waals surface area (Å²) in [5.74, 6) is 7.04. The fourth-order valence-corrected chi connectivity index (χ4v) is 11.6. The lowest BCUT2D eigenvalue weighted by atomic mass is 9.76. The van der Waals surface area contributed by atoms with Crippen molar-refractivity contribution in [2.75, 3.05) is 64.3 Å². The molecule has 1 unspecified atom stereocenters. The first-order valence-electron chi connectivity index (χ1n) is 26.2. The largest absolute Gasteiger partial charge is 0.495 e. The molecule has 0 amide bonds. The van der Waals surface area contributed by atoms with Crippen molar-refractivity contribution in [3.63, 3.8) is 0 Å². The number of halogens is 1. The van der Waals surface area contributed by atoms with Crippen LogP contribution in [-0.2, 0) is 51.9 Å². The Morgan fingerprint density at radius 3 is 1.95 bits per heavy atom. The van der Waals surface area contributed by atoms with Crippen LogP contribution >= 0.6 is 11.6 Å². The molecule has 0 radical (unpaired) electrons. The first-order valence-corrected chi connectivity index (χ1v) is 26.6. The number of nitrogens with zero attached hydrogens (tertiary/aromatic N) is 9. The summed E-state index contributed by atoms with van der Waals surface area (Å²) in [6.45, 7) is 14.6. The molecule has 3 aromatic heterocycles. The van der Waals surface area contributed by atoms with E-state index in [4.69, 9.17) is 45.7 Å². The Hall–Kier alpha value is -6.54. The maximum absolute atomic E-state index is 7.17. The molecule has 0 spiro atoms. The highest BCUT2D eigenvalue weighted by Crippen LogP contribution is 2.42. The van der Waals surface area contributed by atoms with Crippen LogP contribution in [0.1, 0.15) is 85.8 Å². The van der Waals surface area contributed by atoms with E-state index in [-0.39, 0.29) is 16.9 Å². The number of fused-ring (bicyclic) bond motifs is 4. The monoisotopic (exact) mass is 1010 g/mol. The Morgan fingerprint density at radius 2 is 1.28 bits per heavy atom. The van der Waals surface area contributed by atoms with Crippen LogP contribution in [0.3, 0.4) is 0 Å². The number of ether oxygens (including phenoxy) is 3. The van der Waals surface area contributed by atoms with Crippen molar-refractivity contribution in [1.82, 2.24) is 39.7 Å². The van der Waals surface area contributed by atoms with Crippen LogP contribution in [0.4, 0.5) is 11.6 Å². The second-order valence-electron chi connectivity index (χ2n) is 22.8. The van der Waals surface area contributed by atoms with Crippen molar-refractivity contribution in [3.05, 3.63) is 142 Å². The SMILES string of the molecule is COc1cc(-c2ccc3c(c2)CN(c2nc(CN(C)CC4CN(c5nc(CN(C)C)nc6c5CC(C)(C)CC6)Cc5cc(-c6ccc(-c7ncc[nH]7)cc6)ccc5O4)nc4c2CC(C)(C)CC4)CCO3)ccc1Cl. The molecule has 0 bridgehead atoms. The van der Waals surface area contributed by atoms with Gasteiger partial charge in [0.25, 0.3) is 0 Å². The fourth-order valence-electron chi connectivity index (χ4n) is 11.4. The Labute approximate surface area is 441 Å². The van der Waals surface area contributed by atoms with E-state index < -0.39 is 0 Å². The smallest absolute Gasteiger partial charge is 0.144 e. The number of rotatable bonds is 12. The van der Waals surface area contributed by atoms with Gasteiger partial charge in [-0.15, -0.1) is 0 Å². The summed E-state index contributed by atoms with van der Waals surface area (Å²) in [6, 6.07) is 27.6. The molecular formula is C60H69ClN10O3. The predicted molar refractivity (Wildman–Crippen MR) is 294 cm³/mol. The average Bonchev–Trinajstić information content (AvgIpc) is 3.75. The molecule has 0 fully saturated rings. The third-order valence-corrected chi connectivity index (χ3v) is 15.6. The minimum atomic E-state index is -0.189. The Bertz CT molecular complexity index is 3170. The zero-order valence-electron chi connectivity index (χ0n) is 44.3. The lowest BCUT2D eigenvalue weighted by molar-refractivity contribution is 0.150. The number of hydrogen-bond donors (Lipinski definition) is 1. The molecule has 13 nitrogen and oxygen atoms in total. The number of benzene rings is 4. The summed E-state index contributed by atoms with van der Waals surface area (Å²) in [5, 5.41) is 0.588. The van der Waals surface area contributed by atoms with Gasteiger partial charge in [0.1, 0.15) is 59.1 Å². The number of imidazole rings is 1. The maximum atomic E-state index is 7.17. The maximum Gasteiger partial charge on any atom is 0.144 e. The van der Waals surface area contributed by atoms with Crippen molar-refractivity contribution in [2.24, 2.45) is 10.8 Å². The first kappa shape index (κ1) is 49.7. The molecular weight excluding hydrogens is 944 g/mol. The second kappa shape index (κ2) is 20.3. The summed E-state index contributed by atoms with van der Waals surface area (Å²) in [7, 11) is 8.00. The van der Waals surface area contributed by atoms with Crippen LogP contribution in [0.2, 0.25) is 5.02 Å². The zero-order chi connectivity index (χ0) is 51.3. The molecule has 11 rings (SSSR count). The van der Waals surface area contributed by atoms with Crippen molar-refractivity contribution < 1.29 is 14.2 Å². The summed E-state index contributed by atoms with van der Waals surface area (Å²) in [6.07, 6.45) is 9.35. The zero-order valence-corrected chi connectivity index (χ0v) is 45.0. The third kappa shape index (κ3) is 10.7. The number of aromatic nitrogens is 6. The van der Waals surface area contributed by atoms with Gasteiger partial charge in [0.2, 0.25) is 0 Å². The highest BCUT2D eigenvalue weighted by molar-refractivity contribution is 6.32. The Balaban J connectivity index is 0.907. The fraction of sp³-hybridized carbons (Fsp3) is 0.417. The van der Waals surface area contributed by atoms with E-state index in [1.54, 1.807) is 13.3 Å². The Kier molecular flexibility index (Phi) is 13.6. The van der Waals surface area contributed by atoms with E-state index in [0.717, 1.165) is 124 Å². The molecule has 0 saturated carbocycles. The van der Waals surface area contributed by atoms with E-state index in [2.05, 4.69) is 139 Å². The van der Waals surface area contributed by atoms with Gasteiger partial charge in [0.05, 0.1) is 38.3 Å². The van der Waals surface area contributed by atoms with Crippen molar-refractivity contribution in [2.45, 2.75) is 98.5 Å². The van der Waals surface area contributed by atoms with Crippen molar-refractivity contribution in [1.29, 1.82) is 0 Å². The van der Waals surface area contributed by atoms with Gasteiger partial charge in [0, 0.05) is 71.2 Å². The highest BCUT2D eigenvalue weighted by Gasteiger charge is 2.35. The van der Waals surface area contributed by atoms with Crippen molar-refractivity contribution >= 4 is 23.2 Å². The van der Waals surface area contributed by atoms with Gasteiger partial charge < -0.3 is 33.9 Å². The highest BCUT2D eigenvalue weighted by atomic mass is 35.5. The molecule has 2 aliphatic carbocycles. The van der Waals surface area contributed by atoms with Gasteiger partial charge in [-0.1, -0.05) is 81.8 Å². The summed E-state index contributed by atoms with van der Waals surface area (Å²) in [4.78, 5) is 38.6. The van der Waals surface area contributed by atoms with Crippen LogP contribution in [0, 0.1) is 10.8 Å². The predicted octanol–water partition coefficient (Wildman–Crippen LogP) is 11.0. The minimum Gasteiger partial charge on any atom is -0.495 e. The van der Waals surface area contributed by atoms with Gasteiger partial charge in [-0.25, -0.2) is 24.9 Å². The second-order valence-corrected chi connectivity index (χ2v) is 23.2. The number of aryl methyl sites for hydroxylation is 2. The first-order chi connectivity index (χ1) is 35.6. The van der Waals surface area contributed by atoms with E-state index in [9.17, 15) is 0 Å². The number of aromatic amines is 1. The molecule has 1 N–H and O–H groups in total. The molecule has 0 saturated heterocycles. The van der Waals surface area contributed by atoms with Crippen LogP contribution in [0.25, 0.3) is 33.6 Å². The van der Waals surface area contributed by atoms with Crippen LogP contribution in [0.5, 0.6) is 17.2 Å². The minimum absolute atomic E-state index is 0.140. The van der Waals surface area contributed by atoms with E-state index in [1.807, 2.05) is 24.4 Å². The molecule has 4 aromatic carbocycles. The Morgan fingerprint density at radius 1 is 0.703 bits per heavy atom. The molecule has 5 heterocycles. The van der Waals surface area contributed by atoms with E-state index in [0.29, 0.717) is 63.2 Å². The van der Waals surface area contributed by atoms with Crippen molar-refractivity contribution in [3.8, 4) is 50.9 Å². The van der Waals surface area contributed by atoms with E-state index in [1.165, 1.54) is 16.8 Å². The van der Waals surface area contributed by atoms with Gasteiger partial charge >= 0.3 is 0 Å². The topological polar surface area (TPSA) is 121 Å². The number of likely N-dealkylation sites (N-methyl/N-ethyl adjacent to an activating group) is 1. The third-order valence-electron chi connectivity index (χ3n) is 15.3. The normalized spacial score (nSPS) is 17.9. The van der Waals surface area contributed by atoms with Crippen LogP contribution in [-0.4, -0.2) is 100 Å². The lowest BCUT2D eigenvalue weighted by Gasteiger charge is -2.35. The van der Waals surface area contributed by atoms with Crippen LogP contribution < -0.4 is 24.0 Å². The molecule has 7 aromatic rings. The molecule has 1 atom stereocenters. The number of nitrogens with one attached hydrogen (secondary N) is 1. The lowest BCUT2D eigenvalue weighted by Crippen LogP contribution is -2.42. The average molecular weight is 1010 g/mol. The quantitative estimate of drug-likeness (QED) is 0.125. The molecule has 2 aliphatic heterocycles. The summed E-state index contributed by atoms with van der Waals surface area (Å²) in [5.41, 5.74) is 12.8. The van der Waals surface area contributed by atoms with Gasteiger partial charge in [-0.2, -0.15) is 0 Å². The van der Waals surface area contributed by atoms with Gasteiger partial charge in [0.15, 0.2) is 0 Å². The standard InChI is InChI=1S/C60H69ClN10O3/c1-59(2)21-19-49-46(30-59)57(70-25-26-73-51-17-14-41(28-43(51)32-70)42-13-16-48(61)53(29-42)72-8)67-55(65-49)37-69(7)34-45-35-71(58-47-31-60(3,4)22-20-50(47)64-54(66-58)36-68(5)6)33-44-27-40(15-18-52(44)74-45)38-9-11-39(12-10-38)56-62-23-24-63-56/h9-18,23-24,27-29,45H,19-22,25-26,30-37H2,1-8H3,(H,62,63). The molecule has 4 aliphatic rings. The molecule has 14 heteroatoms. The molecule has 74 heavy (non-hydrogen) atoms. The number of hydrogen-bond acceptors (Lipinski definition) is 12. The van der Waals surface area contributed by atoms with E-state index >= 15 is 0 Å². The summed E-state index contributed by atoms with van der Waals surface area (Å²) < 4.78 is 19.2. The van der Waals surface area contributed by atoms with Gasteiger partial charge in [-0.05, 0) is 129 Å². The molecule has 384 valence electrons.